The average molecular weight is 448 g/mol. The topological polar surface area (TPSA) is 113 Å². The molecular weight excluding hydrogens is 426 g/mol. The second-order valence-corrected chi connectivity index (χ2v) is 10.6. The number of hydrogen-bond acceptors (Lipinski definition) is 7. The van der Waals surface area contributed by atoms with Crippen molar-refractivity contribution in [3.8, 4) is 0 Å². The molecule has 1 aliphatic rings. The Morgan fingerprint density at radius 1 is 0.867 bits per heavy atom. The van der Waals surface area contributed by atoms with Gasteiger partial charge in [-0.3, -0.25) is 4.72 Å². The van der Waals surface area contributed by atoms with E-state index < -0.39 is 20.0 Å². The number of nitrogens with zero attached hydrogens (tertiary/aromatic N) is 4. The molecule has 1 aromatic heterocycles. The zero-order valence-electron chi connectivity index (χ0n) is 16.3. The summed E-state index contributed by atoms with van der Waals surface area (Å²) in [5.41, 5.74) is 0. The smallest absolute Gasteiger partial charge is 0.243 e. The molecule has 1 aliphatic heterocycles. The van der Waals surface area contributed by atoms with Crippen LogP contribution in [0.2, 0.25) is 0 Å². The SMILES string of the molecule is CS(=O)(=O)Nc1nccnc1N1CCN(S(=O)(=O)c2cccc3ccccc23)CC1. The molecule has 0 radical (unpaired) electrons. The van der Waals surface area contributed by atoms with Gasteiger partial charge in [-0.15, -0.1) is 0 Å². The van der Waals surface area contributed by atoms with E-state index in [2.05, 4.69) is 14.7 Å². The molecule has 2 aromatic carbocycles. The number of aromatic nitrogens is 2. The Labute approximate surface area is 175 Å². The van der Waals surface area contributed by atoms with Crippen LogP contribution in [0.4, 0.5) is 11.6 Å². The lowest BCUT2D eigenvalue weighted by atomic mass is 10.1. The van der Waals surface area contributed by atoms with Crippen LogP contribution < -0.4 is 9.62 Å². The zero-order chi connectivity index (χ0) is 21.4. The number of nitrogens with one attached hydrogen (secondary N) is 1. The molecule has 4 rings (SSSR count). The van der Waals surface area contributed by atoms with Crippen molar-refractivity contribution in [2.45, 2.75) is 4.90 Å². The third kappa shape index (κ3) is 4.09. The summed E-state index contributed by atoms with van der Waals surface area (Å²) in [5.74, 6) is 0.510. The Bertz CT molecular complexity index is 1280. The lowest BCUT2D eigenvalue weighted by molar-refractivity contribution is 0.384. The first-order chi connectivity index (χ1) is 14.3. The number of benzene rings is 2. The number of piperazine rings is 1. The summed E-state index contributed by atoms with van der Waals surface area (Å²) < 4.78 is 53.6. The van der Waals surface area contributed by atoms with E-state index in [0.29, 0.717) is 24.3 Å². The summed E-state index contributed by atoms with van der Waals surface area (Å²) in [5, 5.41) is 1.56. The molecule has 11 heteroatoms. The Balaban J connectivity index is 1.57. The number of fused-ring (bicyclic) bond motifs is 1. The summed E-state index contributed by atoms with van der Waals surface area (Å²) >= 11 is 0. The first-order valence-electron chi connectivity index (χ1n) is 9.27. The zero-order valence-corrected chi connectivity index (χ0v) is 17.9. The van der Waals surface area contributed by atoms with E-state index in [0.717, 1.165) is 11.6 Å². The summed E-state index contributed by atoms with van der Waals surface area (Å²) in [7, 11) is -7.19. The fourth-order valence-electron chi connectivity index (χ4n) is 3.51. The molecule has 1 saturated heterocycles. The van der Waals surface area contributed by atoms with Gasteiger partial charge in [0, 0.05) is 44.0 Å². The molecule has 30 heavy (non-hydrogen) atoms. The largest absolute Gasteiger partial charge is 0.351 e. The van der Waals surface area contributed by atoms with Crippen LogP contribution in [0.1, 0.15) is 0 Å². The molecule has 9 nitrogen and oxygen atoms in total. The van der Waals surface area contributed by atoms with Crippen molar-refractivity contribution in [3.05, 3.63) is 54.9 Å². The maximum absolute atomic E-state index is 13.3. The van der Waals surface area contributed by atoms with Crippen molar-refractivity contribution in [2.24, 2.45) is 0 Å². The first-order valence-corrected chi connectivity index (χ1v) is 12.6. The van der Waals surface area contributed by atoms with Gasteiger partial charge in [-0.25, -0.2) is 26.8 Å². The molecule has 1 N–H and O–H groups in total. The van der Waals surface area contributed by atoms with E-state index in [4.69, 9.17) is 0 Å². The molecule has 0 spiro atoms. The Hall–Kier alpha value is -2.76. The lowest BCUT2D eigenvalue weighted by Crippen LogP contribution is -2.49. The molecule has 0 unspecified atom stereocenters. The summed E-state index contributed by atoms with van der Waals surface area (Å²) in [6, 6.07) is 12.6. The standard InChI is InChI=1S/C19H21N5O4S2/c1-29(25,26)22-18-19(21-10-9-20-18)23-11-13-24(14-12-23)30(27,28)17-8-4-6-15-5-2-3-7-16(15)17/h2-10H,11-14H2,1H3,(H,20,22). The monoisotopic (exact) mass is 447 g/mol. The highest BCUT2D eigenvalue weighted by molar-refractivity contribution is 7.92. The molecule has 0 saturated carbocycles. The van der Waals surface area contributed by atoms with Crippen molar-refractivity contribution in [1.29, 1.82) is 0 Å². The van der Waals surface area contributed by atoms with E-state index in [1.165, 1.54) is 16.7 Å². The third-order valence-electron chi connectivity index (χ3n) is 4.87. The number of sulfonamides is 2. The highest BCUT2D eigenvalue weighted by Crippen LogP contribution is 2.28. The van der Waals surface area contributed by atoms with Crippen LogP contribution in [0.3, 0.4) is 0 Å². The minimum absolute atomic E-state index is 0.130. The van der Waals surface area contributed by atoms with E-state index in [9.17, 15) is 16.8 Å². The van der Waals surface area contributed by atoms with Gasteiger partial charge in [-0.05, 0) is 11.5 Å². The average Bonchev–Trinajstić information content (AvgIpc) is 2.73. The van der Waals surface area contributed by atoms with Gasteiger partial charge < -0.3 is 4.90 Å². The van der Waals surface area contributed by atoms with Crippen molar-refractivity contribution < 1.29 is 16.8 Å². The van der Waals surface area contributed by atoms with E-state index in [-0.39, 0.29) is 23.8 Å². The van der Waals surface area contributed by atoms with Gasteiger partial charge in [-0.1, -0.05) is 36.4 Å². The van der Waals surface area contributed by atoms with Gasteiger partial charge in [0.15, 0.2) is 11.6 Å². The predicted octanol–water partition coefficient (Wildman–Crippen LogP) is 1.51. The highest BCUT2D eigenvalue weighted by atomic mass is 32.2. The van der Waals surface area contributed by atoms with E-state index in [1.54, 1.807) is 18.2 Å². The summed E-state index contributed by atoms with van der Waals surface area (Å²) in [6.45, 7) is 1.23. The van der Waals surface area contributed by atoms with Crippen LogP contribution in [0.5, 0.6) is 0 Å². The first kappa shape index (κ1) is 20.5. The molecule has 0 aliphatic carbocycles. The van der Waals surface area contributed by atoms with Crippen molar-refractivity contribution in [1.82, 2.24) is 14.3 Å². The maximum Gasteiger partial charge on any atom is 0.243 e. The Morgan fingerprint density at radius 2 is 1.53 bits per heavy atom. The van der Waals surface area contributed by atoms with E-state index in [1.807, 2.05) is 29.2 Å². The molecule has 3 aromatic rings. The van der Waals surface area contributed by atoms with Crippen LogP contribution in [0.15, 0.2) is 59.8 Å². The quantitative estimate of drug-likeness (QED) is 0.631. The molecule has 158 valence electrons. The van der Waals surface area contributed by atoms with E-state index >= 15 is 0 Å². The number of anilines is 2. The van der Waals surface area contributed by atoms with Crippen molar-refractivity contribution in [3.63, 3.8) is 0 Å². The number of rotatable bonds is 5. The summed E-state index contributed by atoms with van der Waals surface area (Å²) in [6.07, 6.45) is 3.92. The van der Waals surface area contributed by atoms with Crippen LogP contribution >= 0.6 is 0 Å². The third-order valence-corrected chi connectivity index (χ3v) is 7.39. The molecule has 0 bridgehead atoms. The Morgan fingerprint density at radius 3 is 2.27 bits per heavy atom. The lowest BCUT2D eigenvalue weighted by Gasteiger charge is -2.35. The van der Waals surface area contributed by atoms with Gasteiger partial charge in [0.05, 0.1) is 11.2 Å². The second kappa shape index (κ2) is 7.82. The fourth-order valence-corrected chi connectivity index (χ4v) is 5.64. The molecule has 2 heterocycles. The van der Waals surface area contributed by atoms with Crippen molar-refractivity contribution in [2.75, 3.05) is 42.1 Å². The van der Waals surface area contributed by atoms with Crippen molar-refractivity contribution >= 4 is 42.5 Å². The molecule has 1 fully saturated rings. The fraction of sp³-hybridized carbons (Fsp3) is 0.263. The highest BCUT2D eigenvalue weighted by Gasteiger charge is 2.31. The van der Waals surface area contributed by atoms with Gasteiger partial charge in [0.25, 0.3) is 0 Å². The van der Waals surface area contributed by atoms with Crippen LogP contribution in [0.25, 0.3) is 10.8 Å². The molecule has 0 atom stereocenters. The summed E-state index contributed by atoms with van der Waals surface area (Å²) in [4.78, 5) is 10.4. The minimum atomic E-state index is -3.67. The molecule has 0 amide bonds. The number of hydrogen-bond donors (Lipinski definition) is 1. The van der Waals surface area contributed by atoms with Gasteiger partial charge in [-0.2, -0.15) is 4.31 Å². The maximum atomic E-state index is 13.3. The van der Waals surface area contributed by atoms with Gasteiger partial charge in [0.1, 0.15) is 0 Å². The normalized spacial score (nSPS) is 16.0. The van der Waals surface area contributed by atoms with Gasteiger partial charge in [0.2, 0.25) is 20.0 Å². The predicted molar refractivity (Wildman–Crippen MR) is 115 cm³/mol. The van der Waals surface area contributed by atoms with Crippen LogP contribution in [-0.2, 0) is 20.0 Å². The second-order valence-electron chi connectivity index (χ2n) is 6.97. The van der Waals surface area contributed by atoms with Crippen LogP contribution in [0, 0.1) is 0 Å². The Kier molecular flexibility index (Phi) is 5.35. The van der Waals surface area contributed by atoms with Gasteiger partial charge >= 0.3 is 0 Å². The molecular formula is C19H21N5O4S2. The van der Waals surface area contributed by atoms with Crippen LogP contribution in [-0.4, -0.2) is 63.5 Å². The minimum Gasteiger partial charge on any atom is -0.351 e.